The number of aryl methyl sites for hydroxylation is 2. The van der Waals surface area contributed by atoms with Gasteiger partial charge in [0.25, 0.3) is 11.8 Å². The summed E-state index contributed by atoms with van der Waals surface area (Å²) in [6, 6.07) is 4.03. The van der Waals surface area contributed by atoms with Crippen LogP contribution in [-0.2, 0) is 0 Å². The van der Waals surface area contributed by atoms with Crippen LogP contribution in [0, 0.1) is 25.5 Å². The molecule has 7 heteroatoms. The van der Waals surface area contributed by atoms with Gasteiger partial charge >= 0.3 is 0 Å². The number of amides is 2. The van der Waals surface area contributed by atoms with Crippen molar-refractivity contribution < 1.29 is 22.8 Å². The fourth-order valence-corrected chi connectivity index (χ4v) is 1.78. The molecule has 1 aromatic heterocycles. The lowest BCUT2D eigenvalue weighted by atomic mass is 10.2. The molecule has 0 atom stereocenters. The molecule has 0 aliphatic carbocycles. The zero-order valence-electron chi connectivity index (χ0n) is 11.3. The predicted octanol–water partition coefficient (Wildman–Crippen LogP) is 2.25. The van der Waals surface area contributed by atoms with Gasteiger partial charge in [0, 0.05) is 6.07 Å². The van der Waals surface area contributed by atoms with Crippen molar-refractivity contribution >= 4 is 11.8 Å². The summed E-state index contributed by atoms with van der Waals surface area (Å²) in [5.74, 6) is -2.35. The van der Waals surface area contributed by atoms with Crippen molar-refractivity contribution in [3.8, 4) is 0 Å². The standard InChI is InChI=1S/C14H12F2N2O3/c1-7-5-11(8(2)21-7)14(20)18-17-13(19)10-4-3-9(15)6-12(10)16/h3-6H,1-2H3,(H,17,19)(H,18,20). The minimum atomic E-state index is -1.02. The number of hydrazine groups is 1. The Morgan fingerprint density at radius 1 is 1.00 bits per heavy atom. The molecule has 21 heavy (non-hydrogen) atoms. The molecular weight excluding hydrogens is 282 g/mol. The Morgan fingerprint density at radius 3 is 2.14 bits per heavy atom. The summed E-state index contributed by atoms with van der Waals surface area (Å²) in [4.78, 5) is 23.5. The number of hydrogen-bond donors (Lipinski definition) is 2. The molecule has 0 saturated heterocycles. The van der Waals surface area contributed by atoms with E-state index in [4.69, 9.17) is 4.42 Å². The summed E-state index contributed by atoms with van der Waals surface area (Å²) in [5, 5.41) is 0. The Kier molecular flexibility index (Phi) is 4.02. The number of halogens is 2. The number of rotatable bonds is 2. The number of nitrogens with one attached hydrogen (secondary N) is 2. The molecule has 110 valence electrons. The molecule has 2 rings (SSSR count). The molecule has 0 bridgehead atoms. The third-order valence-electron chi connectivity index (χ3n) is 2.75. The van der Waals surface area contributed by atoms with Crippen molar-refractivity contribution in [1.29, 1.82) is 0 Å². The fourth-order valence-electron chi connectivity index (χ4n) is 1.78. The second kappa shape index (κ2) is 5.74. The molecule has 0 fully saturated rings. The molecule has 0 saturated carbocycles. The predicted molar refractivity (Wildman–Crippen MR) is 69.5 cm³/mol. The number of furan rings is 1. The average Bonchev–Trinajstić information content (AvgIpc) is 2.74. The summed E-state index contributed by atoms with van der Waals surface area (Å²) >= 11 is 0. The zero-order valence-corrected chi connectivity index (χ0v) is 11.3. The van der Waals surface area contributed by atoms with Gasteiger partial charge in [-0.05, 0) is 32.0 Å². The summed E-state index contributed by atoms with van der Waals surface area (Å²) in [6.07, 6.45) is 0. The van der Waals surface area contributed by atoms with Crippen molar-refractivity contribution in [2.45, 2.75) is 13.8 Å². The Bertz CT molecular complexity index is 710. The minimum Gasteiger partial charge on any atom is -0.466 e. The van der Waals surface area contributed by atoms with Crippen molar-refractivity contribution in [2.75, 3.05) is 0 Å². The highest BCUT2D eigenvalue weighted by atomic mass is 19.1. The number of hydrogen-bond acceptors (Lipinski definition) is 3. The van der Waals surface area contributed by atoms with E-state index in [2.05, 4.69) is 10.9 Å². The largest absolute Gasteiger partial charge is 0.466 e. The van der Waals surface area contributed by atoms with E-state index in [0.717, 1.165) is 12.1 Å². The van der Waals surface area contributed by atoms with Crippen LogP contribution >= 0.6 is 0 Å². The highest BCUT2D eigenvalue weighted by molar-refractivity contribution is 5.99. The van der Waals surface area contributed by atoms with Gasteiger partial charge in [0.2, 0.25) is 0 Å². The van der Waals surface area contributed by atoms with Crippen LogP contribution in [0.15, 0.2) is 28.7 Å². The van der Waals surface area contributed by atoms with Crippen molar-refractivity contribution in [3.63, 3.8) is 0 Å². The Morgan fingerprint density at radius 2 is 1.62 bits per heavy atom. The SMILES string of the molecule is Cc1cc(C(=O)NNC(=O)c2ccc(F)cc2F)c(C)o1. The van der Waals surface area contributed by atoms with Gasteiger partial charge in [-0.25, -0.2) is 8.78 Å². The van der Waals surface area contributed by atoms with Crippen LogP contribution in [0.25, 0.3) is 0 Å². The van der Waals surface area contributed by atoms with Crippen LogP contribution in [0.5, 0.6) is 0 Å². The molecule has 5 nitrogen and oxygen atoms in total. The maximum Gasteiger partial charge on any atom is 0.273 e. The Hall–Kier alpha value is -2.70. The Balaban J connectivity index is 2.04. The minimum absolute atomic E-state index is 0.257. The van der Waals surface area contributed by atoms with Gasteiger partial charge in [-0.3, -0.25) is 20.4 Å². The third kappa shape index (κ3) is 3.25. The molecule has 2 N–H and O–H groups in total. The second-order valence-corrected chi connectivity index (χ2v) is 4.36. The molecular formula is C14H12F2N2O3. The highest BCUT2D eigenvalue weighted by Crippen LogP contribution is 2.13. The maximum absolute atomic E-state index is 13.4. The summed E-state index contributed by atoms with van der Waals surface area (Å²) < 4.78 is 31.3. The molecule has 0 radical (unpaired) electrons. The van der Waals surface area contributed by atoms with E-state index in [1.807, 2.05) is 0 Å². The highest BCUT2D eigenvalue weighted by Gasteiger charge is 2.16. The molecule has 0 aliphatic rings. The lowest BCUT2D eigenvalue weighted by molar-refractivity contribution is 0.0843. The molecule has 2 aromatic rings. The summed E-state index contributed by atoms with van der Waals surface area (Å²) in [5.41, 5.74) is 4.06. The monoisotopic (exact) mass is 294 g/mol. The topological polar surface area (TPSA) is 71.3 Å². The first kappa shape index (κ1) is 14.7. The second-order valence-electron chi connectivity index (χ2n) is 4.36. The van der Waals surface area contributed by atoms with Gasteiger partial charge in [-0.1, -0.05) is 0 Å². The normalized spacial score (nSPS) is 10.3. The van der Waals surface area contributed by atoms with Crippen LogP contribution in [-0.4, -0.2) is 11.8 Å². The van der Waals surface area contributed by atoms with E-state index in [1.165, 1.54) is 6.07 Å². The van der Waals surface area contributed by atoms with E-state index in [1.54, 1.807) is 13.8 Å². The summed E-state index contributed by atoms with van der Waals surface area (Å²) in [6.45, 7) is 3.28. The quantitative estimate of drug-likeness (QED) is 0.834. The van der Waals surface area contributed by atoms with Gasteiger partial charge < -0.3 is 4.42 Å². The van der Waals surface area contributed by atoms with Crippen molar-refractivity contribution in [1.82, 2.24) is 10.9 Å². The van der Waals surface area contributed by atoms with E-state index >= 15 is 0 Å². The van der Waals surface area contributed by atoms with Crippen LogP contribution in [0.1, 0.15) is 32.2 Å². The lowest BCUT2D eigenvalue weighted by Crippen LogP contribution is -2.42. The van der Waals surface area contributed by atoms with Gasteiger partial charge in [0.15, 0.2) is 0 Å². The van der Waals surface area contributed by atoms with Gasteiger partial charge in [-0.2, -0.15) is 0 Å². The molecule has 1 heterocycles. The lowest BCUT2D eigenvalue weighted by Gasteiger charge is -2.07. The number of carbonyl (C=O) groups excluding carboxylic acids is 2. The molecule has 0 aliphatic heterocycles. The van der Waals surface area contributed by atoms with Crippen molar-refractivity contribution in [3.05, 3.63) is 58.5 Å². The van der Waals surface area contributed by atoms with E-state index < -0.39 is 23.4 Å². The first-order valence-electron chi connectivity index (χ1n) is 6.01. The molecule has 0 spiro atoms. The third-order valence-corrected chi connectivity index (χ3v) is 2.75. The molecule has 0 unspecified atom stereocenters. The van der Waals surface area contributed by atoms with Crippen LogP contribution in [0.4, 0.5) is 8.78 Å². The van der Waals surface area contributed by atoms with Gasteiger partial charge in [0.1, 0.15) is 23.2 Å². The average molecular weight is 294 g/mol. The Labute approximate surface area is 118 Å². The fraction of sp³-hybridized carbons (Fsp3) is 0.143. The maximum atomic E-state index is 13.4. The summed E-state index contributed by atoms with van der Waals surface area (Å²) in [7, 11) is 0. The number of carbonyl (C=O) groups is 2. The van der Waals surface area contributed by atoms with E-state index in [9.17, 15) is 18.4 Å². The first-order chi connectivity index (χ1) is 9.88. The van der Waals surface area contributed by atoms with E-state index in [0.29, 0.717) is 17.6 Å². The first-order valence-corrected chi connectivity index (χ1v) is 6.01. The van der Waals surface area contributed by atoms with Crippen molar-refractivity contribution in [2.24, 2.45) is 0 Å². The van der Waals surface area contributed by atoms with Crippen LogP contribution in [0.3, 0.4) is 0 Å². The van der Waals surface area contributed by atoms with Crippen LogP contribution in [0.2, 0.25) is 0 Å². The number of benzene rings is 1. The van der Waals surface area contributed by atoms with Gasteiger partial charge in [0.05, 0.1) is 11.1 Å². The zero-order chi connectivity index (χ0) is 15.6. The van der Waals surface area contributed by atoms with E-state index in [-0.39, 0.29) is 11.1 Å². The molecule has 2 amide bonds. The molecule has 1 aromatic carbocycles. The van der Waals surface area contributed by atoms with Gasteiger partial charge in [-0.15, -0.1) is 0 Å². The smallest absolute Gasteiger partial charge is 0.273 e. The van der Waals surface area contributed by atoms with Crippen LogP contribution < -0.4 is 10.9 Å².